The Hall–Kier alpha value is -3.80. The third kappa shape index (κ3) is 7.22. The van der Waals surface area contributed by atoms with Crippen molar-refractivity contribution < 1.29 is 14.2 Å². The lowest BCUT2D eigenvalue weighted by Crippen LogP contribution is -2.46. The minimum absolute atomic E-state index is 0.288. The van der Waals surface area contributed by atoms with Gasteiger partial charge in [0.25, 0.3) is 0 Å². The molecule has 12 heteroatoms. The van der Waals surface area contributed by atoms with E-state index in [-0.39, 0.29) is 6.10 Å². The fourth-order valence-electron chi connectivity index (χ4n) is 6.02. The topological polar surface area (TPSA) is 69.3 Å². The van der Waals surface area contributed by atoms with Crippen LogP contribution >= 0.6 is 34.5 Å². The predicted octanol–water partition coefficient (Wildman–Crippen LogP) is 6.98. The van der Waals surface area contributed by atoms with Gasteiger partial charge in [0, 0.05) is 78.7 Å². The fourth-order valence-corrected chi connectivity index (χ4v) is 7.38. The van der Waals surface area contributed by atoms with Gasteiger partial charge in [0.1, 0.15) is 18.5 Å². The first-order valence-corrected chi connectivity index (χ1v) is 17.4. The molecule has 0 bridgehead atoms. The minimum Gasteiger partial charge on any atom is -0.491 e. The van der Waals surface area contributed by atoms with Crippen LogP contribution in [-0.2, 0) is 28.4 Å². The van der Waals surface area contributed by atoms with E-state index in [4.69, 9.17) is 42.4 Å². The van der Waals surface area contributed by atoms with Crippen LogP contribution in [0.5, 0.6) is 5.75 Å². The summed E-state index contributed by atoms with van der Waals surface area (Å²) in [4.78, 5) is 14.8. The normalized spacial score (nSPS) is 20.2. The number of halogens is 2. The summed E-state index contributed by atoms with van der Waals surface area (Å²) in [5, 5.41) is 3.11. The van der Waals surface area contributed by atoms with Crippen LogP contribution in [-0.4, -0.2) is 59.6 Å². The largest absolute Gasteiger partial charge is 0.491 e. The second-order valence-corrected chi connectivity index (χ2v) is 13.3. The molecule has 2 aromatic heterocycles. The number of rotatable bonds is 10. The molecule has 244 valence electrons. The molecule has 3 aromatic carbocycles. The van der Waals surface area contributed by atoms with Gasteiger partial charge in [0.2, 0.25) is 5.79 Å². The highest BCUT2D eigenvalue weighted by atomic mass is 35.5. The number of benzene rings is 3. The average Bonchev–Trinajstić information content (AvgIpc) is 3.87. The molecule has 2 fully saturated rings. The van der Waals surface area contributed by atoms with Crippen LogP contribution in [0.2, 0.25) is 10.0 Å². The SMILES string of the molecule is CCn1ccsc1=Nc1ccc(N2CCN(c3ccc(OCC4COC(Cn5ccnc5)(c5ccc(Cl)cc5Cl)O4)cc3)CC2)cc1. The number of hydrogen-bond donors (Lipinski definition) is 0. The molecule has 2 aliphatic heterocycles. The molecule has 5 aromatic rings. The zero-order chi connectivity index (χ0) is 32.2. The van der Waals surface area contributed by atoms with Crippen LogP contribution in [0, 0.1) is 0 Å². The second kappa shape index (κ2) is 14.1. The van der Waals surface area contributed by atoms with Crippen molar-refractivity contribution in [3.63, 3.8) is 0 Å². The summed E-state index contributed by atoms with van der Waals surface area (Å²) in [6.45, 7) is 7.93. The molecular formula is C35H36Cl2N6O3S. The lowest BCUT2D eigenvalue weighted by Gasteiger charge is -2.37. The van der Waals surface area contributed by atoms with Crippen LogP contribution in [0.3, 0.4) is 0 Å². The molecule has 7 rings (SSSR count). The fraction of sp³-hybridized carbons (Fsp3) is 0.314. The number of thiazole rings is 1. The standard InChI is InChI=1S/C35H36Cl2N6O3S/c1-2-41-19-20-47-34(41)39-27-4-6-28(7-5-27)42-15-17-43(18-16-42)29-8-10-30(11-9-29)44-22-31-23-45-35(46-31,24-40-14-13-38-25-40)32-12-3-26(36)21-33(32)37/h3-14,19-21,25,31H,2,15-18,22-24H2,1H3. The number of anilines is 2. The molecule has 0 aliphatic carbocycles. The molecule has 0 amide bonds. The van der Waals surface area contributed by atoms with E-state index in [0.717, 1.165) is 54.5 Å². The highest BCUT2D eigenvalue weighted by molar-refractivity contribution is 7.07. The van der Waals surface area contributed by atoms with Crippen molar-refractivity contribution >= 4 is 51.6 Å². The summed E-state index contributed by atoms with van der Waals surface area (Å²) in [5.41, 5.74) is 4.11. The maximum atomic E-state index is 6.60. The molecule has 0 saturated carbocycles. The molecule has 47 heavy (non-hydrogen) atoms. The highest BCUT2D eigenvalue weighted by Crippen LogP contribution is 2.40. The highest BCUT2D eigenvalue weighted by Gasteiger charge is 2.45. The van der Waals surface area contributed by atoms with Crippen LogP contribution in [0.15, 0.2) is 102 Å². The van der Waals surface area contributed by atoms with Crippen LogP contribution in [0.4, 0.5) is 17.1 Å². The molecule has 2 atom stereocenters. The van der Waals surface area contributed by atoms with E-state index in [1.165, 1.54) is 11.4 Å². The van der Waals surface area contributed by atoms with Crippen molar-refractivity contribution in [2.75, 3.05) is 49.2 Å². The Morgan fingerprint density at radius 3 is 2.34 bits per heavy atom. The van der Waals surface area contributed by atoms with Gasteiger partial charge < -0.3 is 33.1 Å². The van der Waals surface area contributed by atoms with E-state index >= 15 is 0 Å². The molecular weight excluding hydrogens is 655 g/mol. The summed E-state index contributed by atoms with van der Waals surface area (Å²) < 4.78 is 23.0. The number of aryl methyl sites for hydroxylation is 1. The average molecular weight is 692 g/mol. The first-order valence-electron chi connectivity index (χ1n) is 15.7. The lowest BCUT2D eigenvalue weighted by atomic mass is 10.1. The smallest absolute Gasteiger partial charge is 0.215 e. The third-order valence-electron chi connectivity index (χ3n) is 8.51. The van der Waals surface area contributed by atoms with Crippen molar-refractivity contribution in [3.05, 3.63) is 117 Å². The number of nitrogens with zero attached hydrogens (tertiary/aromatic N) is 6. The summed E-state index contributed by atoms with van der Waals surface area (Å²) >= 11 is 14.4. The Kier molecular flexibility index (Phi) is 9.55. The molecule has 2 aliphatic rings. The van der Waals surface area contributed by atoms with Gasteiger partial charge in [-0.15, -0.1) is 11.3 Å². The van der Waals surface area contributed by atoms with E-state index in [1.54, 1.807) is 36.0 Å². The Morgan fingerprint density at radius 1 is 0.957 bits per heavy atom. The number of piperazine rings is 1. The van der Waals surface area contributed by atoms with Crippen molar-refractivity contribution in [1.29, 1.82) is 0 Å². The van der Waals surface area contributed by atoms with Crippen LogP contribution in [0.1, 0.15) is 12.5 Å². The van der Waals surface area contributed by atoms with Crippen molar-refractivity contribution in [3.8, 4) is 5.75 Å². The molecule has 2 unspecified atom stereocenters. The zero-order valence-electron chi connectivity index (χ0n) is 26.0. The molecule has 4 heterocycles. The monoisotopic (exact) mass is 690 g/mol. The summed E-state index contributed by atoms with van der Waals surface area (Å²) in [7, 11) is 0. The van der Waals surface area contributed by atoms with E-state index in [1.807, 2.05) is 29.0 Å². The maximum absolute atomic E-state index is 6.60. The predicted molar refractivity (Wildman–Crippen MR) is 187 cm³/mol. The van der Waals surface area contributed by atoms with Gasteiger partial charge in [0.15, 0.2) is 4.80 Å². The molecule has 9 nitrogen and oxygen atoms in total. The van der Waals surface area contributed by atoms with E-state index in [0.29, 0.717) is 29.8 Å². The summed E-state index contributed by atoms with van der Waals surface area (Å²) in [6.07, 6.45) is 7.11. The van der Waals surface area contributed by atoms with Gasteiger partial charge in [-0.2, -0.15) is 0 Å². The van der Waals surface area contributed by atoms with Gasteiger partial charge in [-0.25, -0.2) is 9.98 Å². The van der Waals surface area contributed by atoms with E-state index in [9.17, 15) is 0 Å². The van der Waals surface area contributed by atoms with Crippen molar-refractivity contribution in [1.82, 2.24) is 14.1 Å². The van der Waals surface area contributed by atoms with Gasteiger partial charge in [-0.1, -0.05) is 29.3 Å². The third-order valence-corrected chi connectivity index (χ3v) is 9.85. The van der Waals surface area contributed by atoms with Gasteiger partial charge in [0.05, 0.1) is 30.2 Å². The number of aromatic nitrogens is 3. The molecule has 2 saturated heterocycles. The molecule has 0 radical (unpaired) electrons. The van der Waals surface area contributed by atoms with Crippen molar-refractivity contribution in [2.24, 2.45) is 4.99 Å². The summed E-state index contributed by atoms with van der Waals surface area (Å²) in [5.74, 6) is -0.299. The molecule has 0 N–H and O–H groups in total. The second-order valence-electron chi connectivity index (χ2n) is 11.5. The van der Waals surface area contributed by atoms with Crippen LogP contribution < -0.4 is 19.3 Å². The minimum atomic E-state index is -1.08. The Labute approximate surface area is 288 Å². The Morgan fingerprint density at radius 2 is 1.68 bits per heavy atom. The van der Waals surface area contributed by atoms with E-state index < -0.39 is 5.79 Å². The van der Waals surface area contributed by atoms with Gasteiger partial charge in [-0.3, -0.25) is 0 Å². The Balaban J connectivity index is 0.927. The van der Waals surface area contributed by atoms with E-state index in [2.05, 4.69) is 74.2 Å². The van der Waals surface area contributed by atoms with Gasteiger partial charge >= 0.3 is 0 Å². The van der Waals surface area contributed by atoms with Gasteiger partial charge in [-0.05, 0) is 67.6 Å². The lowest BCUT2D eigenvalue weighted by molar-refractivity contribution is -0.189. The number of ether oxygens (including phenoxy) is 3. The quantitative estimate of drug-likeness (QED) is 0.158. The molecule has 0 spiro atoms. The maximum Gasteiger partial charge on any atom is 0.215 e. The number of imidazole rings is 1. The van der Waals surface area contributed by atoms with Crippen LogP contribution in [0.25, 0.3) is 0 Å². The zero-order valence-corrected chi connectivity index (χ0v) is 28.4. The first kappa shape index (κ1) is 31.8. The number of hydrogen-bond acceptors (Lipinski definition) is 8. The Bertz CT molecular complexity index is 1840. The van der Waals surface area contributed by atoms with Crippen molar-refractivity contribution in [2.45, 2.75) is 31.9 Å². The summed E-state index contributed by atoms with van der Waals surface area (Å²) in [6, 6.07) is 22.2. The first-order chi connectivity index (χ1) is 23.0.